The van der Waals surface area contributed by atoms with Crippen LogP contribution in [-0.4, -0.2) is 15.9 Å². The summed E-state index contributed by atoms with van der Waals surface area (Å²) in [5.74, 6) is 0.582. The molecule has 82 valence electrons. The molecule has 0 unspecified atom stereocenters. The van der Waals surface area contributed by atoms with Gasteiger partial charge in [-0.25, -0.2) is 0 Å². The minimum atomic E-state index is 0.582. The van der Waals surface area contributed by atoms with Crippen molar-refractivity contribution in [2.24, 2.45) is 11.1 Å². The fourth-order valence-corrected chi connectivity index (χ4v) is 1.53. The Labute approximate surface area is 90.8 Å². The Morgan fingerprint density at radius 3 is 2.67 bits per heavy atom. The Morgan fingerprint density at radius 2 is 2.13 bits per heavy atom. The number of pyridine rings is 1. The predicted molar refractivity (Wildman–Crippen MR) is 61.5 cm³/mol. The lowest BCUT2D eigenvalue weighted by Gasteiger charge is -2.07. The predicted octanol–water partition coefficient (Wildman–Crippen LogP) is 2.79. The van der Waals surface area contributed by atoms with Crippen LogP contribution < -0.4 is 0 Å². The lowest BCUT2D eigenvalue weighted by atomic mass is 10.0. The standard InChI is InChI=1S/C12H18N2O/c1-8(2)5-12-7-11(10(4)14-15)6-9(3)13-12/h6-8,15H,5H2,1-4H3/b14-10+. The molecule has 0 atom stereocenters. The van der Waals surface area contributed by atoms with Crippen LogP contribution >= 0.6 is 0 Å². The number of hydrogen-bond acceptors (Lipinski definition) is 3. The number of aromatic nitrogens is 1. The van der Waals surface area contributed by atoms with E-state index in [0.717, 1.165) is 23.4 Å². The summed E-state index contributed by atoms with van der Waals surface area (Å²) in [6.07, 6.45) is 0.952. The lowest BCUT2D eigenvalue weighted by Crippen LogP contribution is -2.03. The van der Waals surface area contributed by atoms with Gasteiger partial charge in [-0.05, 0) is 38.3 Å². The van der Waals surface area contributed by atoms with Gasteiger partial charge in [0.05, 0.1) is 5.71 Å². The third kappa shape index (κ3) is 3.35. The Bertz CT molecular complexity index is 370. The molecule has 3 heteroatoms. The zero-order valence-corrected chi connectivity index (χ0v) is 9.78. The van der Waals surface area contributed by atoms with E-state index >= 15 is 0 Å². The fraction of sp³-hybridized carbons (Fsp3) is 0.500. The molecule has 3 nitrogen and oxygen atoms in total. The van der Waals surface area contributed by atoms with E-state index in [-0.39, 0.29) is 0 Å². The average molecular weight is 206 g/mol. The number of rotatable bonds is 3. The maximum absolute atomic E-state index is 8.72. The number of hydrogen-bond donors (Lipinski definition) is 1. The number of nitrogens with zero attached hydrogens (tertiary/aromatic N) is 2. The number of oxime groups is 1. The molecule has 0 aliphatic heterocycles. The third-order valence-corrected chi connectivity index (χ3v) is 2.19. The van der Waals surface area contributed by atoms with Crippen molar-refractivity contribution in [3.05, 3.63) is 29.1 Å². The molecule has 0 amide bonds. The molecule has 0 aromatic carbocycles. The van der Waals surface area contributed by atoms with Crippen LogP contribution in [0.5, 0.6) is 0 Å². The van der Waals surface area contributed by atoms with E-state index in [9.17, 15) is 0 Å². The van der Waals surface area contributed by atoms with Gasteiger partial charge in [0.15, 0.2) is 0 Å². The van der Waals surface area contributed by atoms with E-state index in [1.807, 2.05) is 19.1 Å². The molecule has 0 aliphatic rings. The van der Waals surface area contributed by atoms with Crippen molar-refractivity contribution in [3.8, 4) is 0 Å². The lowest BCUT2D eigenvalue weighted by molar-refractivity contribution is 0.319. The molecule has 1 aromatic heterocycles. The van der Waals surface area contributed by atoms with Gasteiger partial charge in [-0.1, -0.05) is 19.0 Å². The number of aryl methyl sites for hydroxylation is 1. The quantitative estimate of drug-likeness (QED) is 0.469. The van der Waals surface area contributed by atoms with Gasteiger partial charge >= 0.3 is 0 Å². The van der Waals surface area contributed by atoms with E-state index in [2.05, 4.69) is 24.0 Å². The molecule has 1 heterocycles. The van der Waals surface area contributed by atoms with Crippen molar-refractivity contribution in [1.82, 2.24) is 4.98 Å². The minimum absolute atomic E-state index is 0.582. The Balaban J connectivity index is 3.05. The smallest absolute Gasteiger partial charge is 0.0838 e. The van der Waals surface area contributed by atoms with Gasteiger partial charge in [-0.3, -0.25) is 4.98 Å². The van der Waals surface area contributed by atoms with Crippen LogP contribution in [-0.2, 0) is 6.42 Å². The van der Waals surface area contributed by atoms with Crippen LogP contribution in [0.1, 0.15) is 37.7 Å². The summed E-state index contributed by atoms with van der Waals surface area (Å²) in [5.41, 5.74) is 3.60. The molecule has 0 spiro atoms. The summed E-state index contributed by atoms with van der Waals surface area (Å²) in [5, 5.41) is 11.9. The first-order valence-electron chi connectivity index (χ1n) is 5.19. The van der Waals surface area contributed by atoms with Crippen LogP contribution in [0.3, 0.4) is 0 Å². The van der Waals surface area contributed by atoms with Crippen LogP contribution in [0.25, 0.3) is 0 Å². The Hall–Kier alpha value is -1.38. The topological polar surface area (TPSA) is 45.5 Å². The first-order chi connectivity index (χ1) is 7.02. The van der Waals surface area contributed by atoms with Gasteiger partial charge in [0, 0.05) is 17.0 Å². The second kappa shape index (κ2) is 4.91. The van der Waals surface area contributed by atoms with Crippen molar-refractivity contribution < 1.29 is 5.21 Å². The molecule has 0 radical (unpaired) electrons. The molecule has 0 bridgehead atoms. The summed E-state index contributed by atoms with van der Waals surface area (Å²) in [7, 11) is 0. The SMILES string of the molecule is C/C(=N\O)c1cc(C)nc(CC(C)C)c1. The zero-order chi connectivity index (χ0) is 11.4. The van der Waals surface area contributed by atoms with Crippen molar-refractivity contribution >= 4 is 5.71 Å². The van der Waals surface area contributed by atoms with Gasteiger partial charge in [0.2, 0.25) is 0 Å². The van der Waals surface area contributed by atoms with E-state index in [1.165, 1.54) is 0 Å². The normalized spacial score (nSPS) is 12.2. The summed E-state index contributed by atoms with van der Waals surface area (Å²) in [6, 6.07) is 3.92. The molecule has 1 N–H and O–H groups in total. The largest absolute Gasteiger partial charge is 0.411 e. The first-order valence-corrected chi connectivity index (χ1v) is 5.19. The van der Waals surface area contributed by atoms with Crippen LogP contribution in [0, 0.1) is 12.8 Å². The van der Waals surface area contributed by atoms with Crippen LogP contribution in [0.2, 0.25) is 0 Å². The fourth-order valence-electron chi connectivity index (χ4n) is 1.53. The van der Waals surface area contributed by atoms with Gasteiger partial charge in [-0.15, -0.1) is 0 Å². The molecular formula is C12H18N2O. The van der Waals surface area contributed by atoms with E-state index in [4.69, 9.17) is 5.21 Å². The van der Waals surface area contributed by atoms with Crippen LogP contribution in [0.4, 0.5) is 0 Å². The van der Waals surface area contributed by atoms with E-state index in [0.29, 0.717) is 11.6 Å². The van der Waals surface area contributed by atoms with Crippen LogP contribution in [0.15, 0.2) is 17.3 Å². The highest BCUT2D eigenvalue weighted by Crippen LogP contribution is 2.11. The highest BCUT2D eigenvalue weighted by molar-refractivity contribution is 5.98. The van der Waals surface area contributed by atoms with Crippen molar-refractivity contribution in [1.29, 1.82) is 0 Å². The maximum Gasteiger partial charge on any atom is 0.0838 e. The zero-order valence-electron chi connectivity index (χ0n) is 9.78. The maximum atomic E-state index is 8.72. The Kier molecular flexibility index (Phi) is 3.83. The van der Waals surface area contributed by atoms with E-state index in [1.54, 1.807) is 6.92 Å². The molecule has 0 saturated carbocycles. The molecule has 0 aliphatic carbocycles. The highest BCUT2D eigenvalue weighted by Gasteiger charge is 2.05. The molecule has 0 fully saturated rings. The molecular weight excluding hydrogens is 188 g/mol. The Morgan fingerprint density at radius 1 is 1.47 bits per heavy atom. The molecule has 15 heavy (non-hydrogen) atoms. The summed E-state index contributed by atoms with van der Waals surface area (Å²) >= 11 is 0. The summed E-state index contributed by atoms with van der Waals surface area (Å²) in [6.45, 7) is 8.07. The molecule has 1 rings (SSSR count). The average Bonchev–Trinajstić information content (AvgIpc) is 2.14. The highest BCUT2D eigenvalue weighted by atomic mass is 16.4. The van der Waals surface area contributed by atoms with Gasteiger partial charge in [-0.2, -0.15) is 0 Å². The van der Waals surface area contributed by atoms with Crippen molar-refractivity contribution in [2.45, 2.75) is 34.1 Å². The van der Waals surface area contributed by atoms with Crippen molar-refractivity contribution in [2.75, 3.05) is 0 Å². The molecule has 1 aromatic rings. The third-order valence-electron chi connectivity index (χ3n) is 2.19. The van der Waals surface area contributed by atoms with Gasteiger partial charge in [0.25, 0.3) is 0 Å². The molecule has 0 saturated heterocycles. The monoisotopic (exact) mass is 206 g/mol. The van der Waals surface area contributed by atoms with Gasteiger partial charge < -0.3 is 5.21 Å². The van der Waals surface area contributed by atoms with Crippen molar-refractivity contribution in [3.63, 3.8) is 0 Å². The summed E-state index contributed by atoms with van der Waals surface area (Å²) in [4.78, 5) is 4.45. The minimum Gasteiger partial charge on any atom is -0.411 e. The second-order valence-electron chi connectivity index (χ2n) is 4.27. The van der Waals surface area contributed by atoms with Gasteiger partial charge in [0.1, 0.15) is 0 Å². The summed E-state index contributed by atoms with van der Waals surface area (Å²) < 4.78 is 0. The first kappa shape index (κ1) is 11.7. The van der Waals surface area contributed by atoms with E-state index < -0.39 is 0 Å². The second-order valence-corrected chi connectivity index (χ2v) is 4.27.